The van der Waals surface area contributed by atoms with Crippen molar-refractivity contribution in [1.82, 2.24) is 10.0 Å². The summed E-state index contributed by atoms with van der Waals surface area (Å²) in [6.45, 7) is 3.78. The molecule has 98 valence electrons. The second kappa shape index (κ2) is 7.11. The number of hydrogen-bond donors (Lipinski definition) is 2. The highest BCUT2D eigenvalue weighted by molar-refractivity contribution is 7.89. The van der Waals surface area contributed by atoms with E-state index in [1.807, 2.05) is 13.0 Å². The minimum absolute atomic E-state index is 0.0305. The lowest BCUT2D eigenvalue weighted by Gasteiger charge is -2.08. The molecule has 0 saturated heterocycles. The first-order valence-corrected chi connectivity index (χ1v) is 7.29. The molecule has 0 unspecified atom stereocenters. The van der Waals surface area contributed by atoms with Crippen molar-refractivity contribution in [3.63, 3.8) is 0 Å². The van der Waals surface area contributed by atoms with Crippen molar-refractivity contribution in [2.24, 2.45) is 0 Å². The largest absolute Gasteiger partial charge is 0.315 e. The van der Waals surface area contributed by atoms with E-state index < -0.39 is 10.0 Å². The molecule has 0 saturated carbocycles. The Morgan fingerprint density at radius 2 is 1.94 bits per heavy atom. The molecular weight excluding hydrogens is 250 g/mol. The molecule has 0 aliphatic rings. The zero-order valence-corrected chi connectivity index (χ0v) is 11.1. The lowest BCUT2D eigenvalue weighted by Crippen LogP contribution is -2.32. The zero-order valence-electron chi connectivity index (χ0n) is 10.3. The van der Waals surface area contributed by atoms with Crippen molar-refractivity contribution in [2.45, 2.75) is 18.2 Å². The van der Waals surface area contributed by atoms with E-state index in [0.29, 0.717) is 13.1 Å². The molecule has 18 heavy (non-hydrogen) atoms. The number of sulfonamides is 1. The van der Waals surface area contributed by atoms with Gasteiger partial charge in [-0.15, -0.1) is 0 Å². The van der Waals surface area contributed by atoms with E-state index in [4.69, 9.17) is 5.26 Å². The minimum Gasteiger partial charge on any atom is -0.315 e. The summed E-state index contributed by atoms with van der Waals surface area (Å²) in [7, 11) is -3.60. The molecule has 0 aliphatic heterocycles. The predicted molar refractivity (Wildman–Crippen MR) is 69.5 cm³/mol. The predicted octanol–water partition coefficient (Wildman–Crippen LogP) is 0.836. The minimum atomic E-state index is -3.60. The van der Waals surface area contributed by atoms with E-state index in [-0.39, 0.29) is 10.5 Å². The molecule has 0 radical (unpaired) electrons. The van der Waals surface area contributed by atoms with Crippen molar-refractivity contribution in [2.75, 3.05) is 19.6 Å². The molecule has 1 rings (SSSR count). The topological polar surface area (TPSA) is 82.0 Å². The van der Waals surface area contributed by atoms with Gasteiger partial charge in [0.15, 0.2) is 0 Å². The third kappa shape index (κ3) is 4.11. The molecule has 0 aliphatic carbocycles. The van der Waals surface area contributed by atoms with Gasteiger partial charge in [0.2, 0.25) is 10.0 Å². The Balaban J connectivity index is 2.67. The van der Waals surface area contributed by atoms with E-state index in [2.05, 4.69) is 10.0 Å². The average Bonchev–Trinajstić information content (AvgIpc) is 2.38. The van der Waals surface area contributed by atoms with Crippen molar-refractivity contribution < 1.29 is 8.42 Å². The maximum absolute atomic E-state index is 12.0. The standard InChI is InChI=1S/C12H17N3O2S/c1-2-7-14-8-9-15-18(16,17)12-6-4-3-5-11(12)10-13/h3-6,14-15H,2,7-9H2,1H3. The molecule has 2 N–H and O–H groups in total. The fourth-order valence-corrected chi connectivity index (χ4v) is 2.63. The van der Waals surface area contributed by atoms with Gasteiger partial charge in [0, 0.05) is 13.1 Å². The van der Waals surface area contributed by atoms with Crippen molar-refractivity contribution >= 4 is 10.0 Å². The summed E-state index contributed by atoms with van der Waals surface area (Å²) in [4.78, 5) is 0.0305. The Kier molecular flexibility index (Phi) is 5.78. The Morgan fingerprint density at radius 3 is 2.61 bits per heavy atom. The molecular formula is C12H17N3O2S. The van der Waals surface area contributed by atoms with E-state index in [0.717, 1.165) is 13.0 Å². The number of nitrogens with one attached hydrogen (secondary N) is 2. The normalized spacial score (nSPS) is 11.1. The molecule has 5 nitrogen and oxygen atoms in total. The molecule has 1 aromatic rings. The molecule has 0 bridgehead atoms. The van der Waals surface area contributed by atoms with Crippen molar-refractivity contribution in [3.05, 3.63) is 29.8 Å². The summed E-state index contributed by atoms with van der Waals surface area (Å²) < 4.78 is 26.4. The first kappa shape index (κ1) is 14.6. The summed E-state index contributed by atoms with van der Waals surface area (Å²) in [6, 6.07) is 8.04. The number of nitrogens with zero attached hydrogens (tertiary/aromatic N) is 1. The number of hydrogen-bond acceptors (Lipinski definition) is 4. The highest BCUT2D eigenvalue weighted by atomic mass is 32.2. The van der Waals surface area contributed by atoms with Crippen LogP contribution in [0.3, 0.4) is 0 Å². The zero-order chi connectivity index (χ0) is 13.4. The van der Waals surface area contributed by atoms with Gasteiger partial charge >= 0.3 is 0 Å². The van der Waals surface area contributed by atoms with Gasteiger partial charge in [0.1, 0.15) is 6.07 Å². The second-order valence-corrected chi connectivity index (χ2v) is 5.49. The quantitative estimate of drug-likeness (QED) is 0.717. The van der Waals surface area contributed by atoms with E-state index >= 15 is 0 Å². The van der Waals surface area contributed by atoms with Gasteiger partial charge in [0.05, 0.1) is 10.5 Å². The number of rotatable bonds is 7. The van der Waals surface area contributed by atoms with Crippen LogP contribution >= 0.6 is 0 Å². The van der Waals surface area contributed by atoms with Crippen LogP contribution in [0.1, 0.15) is 18.9 Å². The van der Waals surface area contributed by atoms with Crippen molar-refractivity contribution in [3.8, 4) is 6.07 Å². The summed E-state index contributed by atoms with van der Waals surface area (Å²) in [5.74, 6) is 0. The van der Waals surface area contributed by atoms with Crippen LogP contribution in [0.4, 0.5) is 0 Å². The molecule has 0 spiro atoms. The Labute approximate surface area is 108 Å². The molecule has 0 heterocycles. The van der Waals surface area contributed by atoms with Gasteiger partial charge in [-0.2, -0.15) is 5.26 Å². The van der Waals surface area contributed by atoms with Crippen LogP contribution in [-0.2, 0) is 10.0 Å². The van der Waals surface area contributed by atoms with Crippen LogP contribution in [0.25, 0.3) is 0 Å². The first-order chi connectivity index (χ1) is 8.61. The summed E-state index contributed by atoms with van der Waals surface area (Å²) in [5, 5.41) is 12.0. The van der Waals surface area contributed by atoms with Crippen LogP contribution in [0.15, 0.2) is 29.2 Å². The highest BCUT2D eigenvalue weighted by Gasteiger charge is 2.16. The number of nitriles is 1. The van der Waals surface area contributed by atoms with E-state index in [1.54, 1.807) is 12.1 Å². The van der Waals surface area contributed by atoms with Gasteiger partial charge in [-0.1, -0.05) is 19.1 Å². The van der Waals surface area contributed by atoms with Crippen molar-refractivity contribution in [1.29, 1.82) is 5.26 Å². The second-order valence-electron chi connectivity index (χ2n) is 3.76. The fraction of sp³-hybridized carbons (Fsp3) is 0.417. The molecule has 0 aromatic heterocycles. The third-order valence-corrected chi connectivity index (χ3v) is 3.84. The monoisotopic (exact) mass is 267 g/mol. The van der Waals surface area contributed by atoms with Gasteiger partial charge in [-0.3, -0.25) is 0 Å². The van der Waals surface area contributed by atoms with Crippen LogP contribution in [0.5, 0.6) is 0 Å². The van der Waals surface area contributed by atoms with Gasteiger partial charge < -0.3 is 5.32 Å². The molecule has 0 atom stereocenters. The number of benzene rings is 1. The molecule has 0 fully saturated rings. The van der Waals surface area contributed by atoms with Crippen LogP contribution in [-0.4, -0.2) is 28.1 Å². The van der Waals surface area contributed by atoms with Gasteiger partial charge in [-0.05, 0) is 25.1 Å². The highest BCUT2D eigenvalue weighted by Crippen LogP contribution is 2.13. The summed E-state index contributed by atoms with van der Waals surface area (Å²) >= 11 is 0. The van der Waals surface area contributed by atoms with Gasteiger partial charge in [0.25, 0.3) is 0 Å². The molecule has 1 aromatic carbocycles. The van der Waals surface area contributed by atoms with Crippen LogP contribution in [0.2, 0.25) is 0 Å². The SMILES string of the molecule is CCCNCCNS(=O)(=O)c1ccccc1C#N. The van der Waals surface area contributed by atoms with Crippen LogP contribution in [0, 0.1) is 11.3 Å². The molecule has 6 heteroatoms. The van der Waals surface area contributed by atoms with E-state index in [1.165, 1.54) is 12.1 Å². The Bertz CT molecular complexity index is 520. The fourth-order valence-electron chi connectivity index (χ4n) is 1.45. The van der Waals surface area contributed by atoms with Crippen LogP contribution < -0.4 is 10.0 Å². The summed E-state index contributed by atoms with van der Waals surface area (Å²) in [5.41, 5.74) is 0.159. The Hall–Kier alpha value is -1.42. The Morgan fingerprint density at radius 1 is 1.22 bits per heavy atom. The molecule has 0 amide bonds. The lowest BCUT2D eigenvalue weighted by atomic mass is 10.2. The smallest absolute Gasteiger partial charge is 0.241 e. The maximum atomic E-state index is 12.0. The summed E-state index contributed by atoms with van der Waals surface area (Å²) in [6.07, 6.45) is 1.00. The average molecular weight is 267 g/mol. The first-order valence-electron chi connectivity index (χ1n) is 5.81. The van der Waals surface area contributed by atoms with Gasteiger partial charge in [-0.25, -0.2) is 13.1 Å². The van der Waals surface area contributed by atoms with E-state index in [9.17, 15) is 8.42 Å². The third-order valence-electron chi connectivity index (χ3n) is 2.32. The maximum Gasteiger partial charge on any atom is 0.241 e. The lowest BCUT2D eigenvalue weighted by molar-refractivity contribution is 0.575.